The smallest absolute Gasteiger partial charge is 0.330 e. The zero-order chi connectivity index (χ0) is 20.7. The first-order chi connectivity index (χ1) is 13.3. The number of rotatable bonds is 9. The van der Waals surface area contributed by atoms with Crippen LogP contribution in [0.4, 0.5) is 11.5 Å². The Morgan fingerprint density at radius 1 is 1.25 bits per heavy atom. The van der Waals surface area contributed by atoms with Crippen LogP contribution in [0.25, 0.3) is 0 Å². The van der Waals surface area contributed by atoms with Gasteiger partial charge in [-0.3, -0.25) is 24.0 Å². The summed E-state index contributed by atoms with van der Waals surface area (Å²) in [4.78, 5) is 40.8. The van der Waals surface area contributed by atoms with Crippen LogP contribution < -0.4 is 26.6 Å². The van der Waals surface area contributed by atoms with E-state index in [0.29, 0.717) is 12.3 Å². The molecular formula is C19H26N4O5. The summed E-state index contributed by atoms with van der Waals surface area (Å²) < 4.78 is 11.8. The number of para-hydroxylation sites is 1. The van der Waals surface area contributed by atoms with Crippen LogP contribution in [-0.2, 0) is 16.1 Å². The van der Waals surface area contributed by atoms with Crippen molar-refractivity contribution in [3.05, 3.63) is 51.2 Å². The minimum absolute atomic E-state index is 0.0633. The number of H-pyrrole nitrogens is 1. The number of aromatic amines is 1. The van der Waals surface area contributed by atoms with Crippen LogP contribution >= 0.6 is 0 Å². The number of amides is 1. The molecule has 0 fully saturated rings. The molecule has 0 spiro atoms. The lowest BCUT2D eigenvalue weighted by atomic mass is 10.2. The molecular weight excluding hydrogens is 364 g/mol. The highest BCUT2D eigenvalue weighted by atomic mass is 16.5. The Bertz CT molecular complexity index is 905. The molecule has 0 saturated carbocycles. The molecule has 9 heteroatoms. The van der Waals surface area contributed by atoms with E-state index in [1.807, 2.05) is 19.9 Å². The molecule has 1 aromatic heterocycles. The molecule has 9 nitrogen and oxygen atoms in total. The molecule has 0 saturated heterocycles. The summed E-state index contributed by atoms with van der Waals surface area (Å²) in [6.45, 7) is 4.10. The molecule has 2 rings (SSSR count). The number of hydrogen-bond acceptors (Lipinski definition) is 6. The number of ether oxygens (including phenoxy) is 2. The molecule has 0 unspecified atom stereocenters. The van der Waals surface area contributed by atoms with Crippen molar-refractivity contribution in [2.75, 3.05) is 37.5 Å². The molecule has 0 aliphatic rings. The van der Waals surface area contributed by atoms with E-state index in [2.05, 4.69) is 4.98 Å². The quantitative estimate of drug-likeness (QED) is 0.655. The molecule has 0 bridgehead atoms. The van der Waals surface area contributed by atoms with Crippen molar-refractivity contribution >= 4 is 17.4 Å². The summed E-state index contributed by atoms with van der Waals surface area (Å²) in [7, 11) is 1.48. The van der Waals surface area contributed by atoms with Gasteiger partial charge in [-0.2, -0.15) is 0 Å². The zero-order valence-corrected chi connectivity index (χ0v) is 16.3. The van der Waals surface area contributed by atoms with Gasteiger partial charge in [-0.05, 0) is 18.1 Å². The number of anilines is 2. The third kappa shape index (κ3) is 5.23. The molecule has 1 aromatic carbocycles. The number of aromatic nitrogens is 2. The summed E-state index contributed by atoms with van der Waals surface area (Å²) in [6.07, 6.45) is 0. The summed E-state index contributed by atoms with van der Waals surface area (Å²) in [6, 6.07) is 8.84. The molecule has 0 aliphatic heterocycles. The molecule has 0 aliphatic carbocycles. The molecule has 1 amide bonds. The Hall–Kier alpha value is -3.07. The van der Waals surface area contributed by atoms with E-state index in [1.54, 1.807) is 24.3 Å². The number of nitrogens with two attached hydrogens (primary N) is 1. The van der Waals surface area contributed by atoms with Crippen LogP contribution in [0.15, 0.2) is 39.9 Å². The van der Waals surface area contributed by atoms with Crippen LogP contribution in [0, 0.1) is 5.92 Å². The molecule has 3 N–H and O–H groups in total. The normalized spacial score (nSPS) is 10.9. The molecule has 2 aromatic rings. The van der Waals surface area contributed by atoms with Crippen molar-refractivity contribution < 1.29 is 14.3 Å². The van der Waals surface area contributed by atoms with E-state index in [9.17, 15) is 14.4 Å². The van der Waals surface area contributed by atoms with Gasteiger partial charge < -0.3 is 15.2 Å². The Balaban J connectivity index is 2.37. The maximum absolute atomic E-state index is 12.8. The zero-order valence-electron chi connectivity index (χ0n) is 16.3. The van der Waals surface area contributed by atoms with Crippen LogP contribution in [0.2, 0.25) is 0 Å². The van der Waals surface area contributed by atoms with Gasteiger partial charge in [0.2, 0.25) is 0 Å². The summed E-state index contributed by atoms with van der Waals surface area (Å²) in [5, 5.41) is 0. The fourth-order valence-corrected chi connectivity index (χ4v) is 2.67. The highest BCUT2D eigenvalue weighted by molar-refractivity contribution is 5.96. The number of nitrogen functional groups attached to an aromatic ring is 1. The fourth-order valence-electron chi connectivity index (χ4n) is 2.67. The van der Waals surface area contributed by atoms with Crippen LogP contribution in [-0.4, -0.2) is 42.3 Å². The van der Waals surface area contributed by atoms with Crippen molar-refractivity contribution in [3.8, 4) is 5.75 Å². The average molecular weight is 390 g/mol. The number of nitrogens with one attached hydrogen (secondary N) is 1. The molecule has 0 radical (unpaired) electrons. The minimum atomic E-state index is -0.730. The second-order valence-corrected chi connectivity index (χ2v) is 6.64. The second kappa shape index (κ2) is 9.75. The van der Waals surface area contributed by atoms with Gasteiger partial charge in [-0.25, -0.2) is 4.79 Å². The SMILES string of the molecule is COCCN(C(=O)COc1ccccc1)c1c(N)n(CC(C)C)c(=O)[nH]c1=O. The van der Waals surface area contributed by atoms with Crippen LogP contribution in [0.1, 0.15) is 13.8 Å². The highest BCUT2D eigenvalue weighted by Crippen LogP contribution is 2.18. The fraction of sp³-hybridized carbons (Fsp3) is 0.421. The van der Waals surface area contributed by atoms with Crippen molar-refractivity contribution in [2.24, 2.45) is 5.92 Å². The topological polar surface area (TPSA) is 120 Å². The summed E-state index contributed by atoms with van der Waals surface area (Å²) in [5.74, 6) is 0.0944. The molecule has 1 heterocycles. The van der Waals surface area contributed by atoms with Gasteiger partial charge >= 0.3 is 5.69 Å². The van der Waals surface area contributed by atoms with Gasteiger partial charge in [0.25, 0.3) is 11.5 Å². The van der Waals surface area contributed by atoms with E-state index in [1.165, 1.54) is 16.6 Å². The van der Waals surface area contributed by atoms with Gasteiger partial charge in [0.1, 0.15) is 11.6 Å². The summed E-state index contributed by atoms with van der Waals surface area (Å²) in [5.41, 5.74) is 4.69. The first kappa shape index (κ1) is 21.2. The predicted octanol–water partition coefficient (Wildman–Crippen LogP) is 0.833. The standard InChI is InChI=1S/C19H26N4O5/c1-13(2)11-23-17(20)16(18(25)21-19(23)26)22(9-10-27-3)15(24)12-28-14-7-5-4-6-8-14/h4-8,13H,9-12,20H2,1-3H3,(H,21,25,26). The van der Waals surface area contributed by atoms with E-state index in [-0.39, 0.29) is 37.2 Å². The number of nitrogens with zero attached hydrogens (tertiary/aromatic N) is 2. The predicted molar refractivity (Wildman–Crippen MR) is 107 cm³/mol. The van der Waals surface area contributed by atoms with Crippen LogP contribution in [0.5, 0.6) is 5.75 Å². The first-order valence-corrected chi connectivity index (χ1v) is 8.94. The van der Waals surface area contributed by atoms with E-state index < -0.39 is 17.2 Å². The molecule has 152 valence electrons. The second-order valence-electron chi connectivity index (χ2n) is 6.64. The van der Waals surface area contributed by atoms with E-state index in [0.717, 1.165) is 0 Å². The lowest BCUT2D eigenvalue weighted by molar-refractivity contribution is -0.120. The van der Waals surface area contributed by atoms with Crippen molar-refractivity contribution in [2.45, 2.75) is 20.4 Å². The van der Waals surface area contributed by atoms with Gasteiger partial charge in [-0.1, -0.05) is 32.0 Å². The lowest BCUT2D eigenvalue weighted by Gasteiger charge is -2.24. The van der Waals surface area contributed by atoms with Gasteiger partial charge in [0, 0.05) is 20.2 Å². The third-order valence-electron chi connectivity index (χ3n) is 3.96. The highest BCUT2D eigenvalue weighted by Gasteiger charge is 2.24. The third-order valence-corrected chi connectivity index (χ3v) is 3.96. The number of carbonyl (C=O) groups is 1. The van der Waals surface area contributed by atoms with Crippen molar-refractivity contribution in [1.82, 2.24) is 9.55 Å². The first-order valence-electron chi connectivity index (χ1n) is 8.94. The Kier molecular flexibility index (Phi) is 7.39. The van der Waals surface area contributed by atoms with E-state index in [4.69, 9.17) is 15.2 Å². The maximum atomic E-state index is 12.8. The minimum Gasteiger partial charge on any atom is -0.484 e. The molecule has 0 atom stereocenters. The number of benzene rings is 1. The lowest BCUT2D eigenvalue weighted by Crippen LogP contribution is -2.44. The average Bonchev–Trinajstić information content (AvgIpc) is 2.66. The van der Waals surface area contributed by atoms with Crippen molar-refractivity contribution in [1.29, 1.82) is 0 Å². The van der Waals surface area contributed by atoms with E-state index >= 15 is 0 Å². The largest absolute Gasteiger partial charge is 0.484 e. The van der Waals surface area contributed by atoms with Gasteiger partial charge in [-0.15, -0.1) is 0 Å². The maximum Gasteiger partial charge on any atom is 0.330 e. The van der Waals surface area contributed by atoms with Crippen LogP contribution in [0.3, 0.4) is 0 Å². The van der Waals surface area contributed by atoms with Gasteiger partial charge in [0.15, 0.2) is 12.3 Å². The Labute approximate surface area is 162 Å². The Morgan fingerprint density at radius 2 is 1.93 bits per heavy atom. The summed E-state index contributed by atoms with van der Waals surface area (Å²) >= 11 is 0. The molecule has 28 heavy (non-hydrogen) atoms. The monoisotopic (exact) mass is 390 g/mol. The van der Waals surface area contributed by atoms with Gasteiger partial charge in [0.05, 0.1) is 6.61 Å². The number of hydrogen-bond donors (Lipinski definition) is 2. The number of carbonyl (C=O) groups excluding carboxylic acids is 1. The Morgan fingerprint density at radius 3 is 2.54 bits per heavy atom. The van der Waals surface area contributed by atoms with Crippen molar-refractivity contribution in [3.63, 3.8) is 0 Å². The number of methoxy groups -OCH3 is 1.